The summed E-state index contributed by atoms with van der Waals surface area (Å²) in [6.45, 7) is 17.0. The van der Waals surface area contributed by atoms with Gasteiger partial charge in [0.1, 0.15) is 0 Å². The molecule has 1 aliphatic carbocycles. The highest BCUT2D eigenvalue weighted by Crippen LogP contribution is 2.40. The summed E-state index contributed by atoms with van der Waals surface area (Å²) in [5.74, 6) is 0. The summed E-state index contributed by atoms with van der Waals surface area (Å²) in [5, 5.41) is 0. The Bertz CT molecular complexity index is 1990. The van der Waals surface area contributed by atoms with Gasteiger partial charge in [-0.3, -0.25) is 0 Å². The van der Waals surface area contributed by atoms with Crippen LogP contribution in [0, 0.1) is 6.92 Å². The third-order valence-corrected chi connectivity index (χ3v) is 8.79. The quantitative estimate of drug-likeness (QED) is 0.103. The third kappa shape index (κ3) is 8.05. The zero-order valence-electron chi connectivity index (χ0n) is 29.7. The Hall–Kier alpha value is -5.86. The summed E-state index contributed by atoms with van der Waals surface area (Å²) in [4.78, 5) is 4.63. The van der Waals surface area contributed by atoms with E-state index in [-0.39, 0.29) is 0 Å². The van der Waals surface area contributed by atoms with Gasteiger partial charge < -0.3 is 9.80 Å². The molecule has 0 amide bonds. The van der Waals surface area contributed by atoms with E-state index in [0.29, 0.717) is 0 Å². The van der Waals surface area contributed by atoms with Gasteiger partial charge in [0.15, 0.2) is 0 Å². The maximum atomic E-state index is 4.52. The van der Waals surface area contributed by atoms with Crippen molar-refractivity contribution in [1.82, 2.24) is 0 Å². The first-order valence-electron chi connectivity index (χ1n) is 17.5. The van der Waals surface area contributed by atoms with E-state index in [1.54, 1.807) is 0 Å². The second-order valence-corrected chi connectivity index (χ2v) is 12.1. The summed E-state index contributed by atoms with van der Waals surface area (Å²) >= 11 is 0. The number of para-hydroxylation sites is 1. The van der Waals surface area contributed by atoms with Crippen molar-refractivity contribution in [2.75, 3.05) is 9.80 Å². The van der Waals surface area contributed by atoms with Crippen LogP contribution in [0.4, 0.5) is 28.4 Å². The minimum Gasteiger partial charge on any atom is -0.310 e. The molecule has 0 N–H and O–H groups in total. The third-order valence-electron chi connectivity index (χ3n) is 8.79. The minimum atomic E-state index is 0.916. The van der Waals surface area contributed by atoms with Crippen LogP contribution >= 0.6 is 0 Å². The second kappa shape index (κ2) is 17.5. The van der Waals surface area contributed by atoms with Gasteiger partial charge in [-0.25, -0.2) is 0 Å². The monoisotopic (exact) mass is 652 g/mol. The van der Waals surface area contributed by atoms with Gasteiger partial charge in [0.25, 0.3) is 0 Å². The number of aryl methyl sites for hydroxylation is 1. The summed E-state index contributed by atoms with van der Waals surface area (Å²) in [6.07, 6.45) is 20.4. The van der Waals surface area contributed by atoms with Gasteiger partial charge in [-0.1, -0.05) is 129 Å². The van der Waals surface area contributed by atoms with Gasteiger partial charge in [-0.15, -0.1) is 13.2 Å². The molecule has 2 heteroatoms. The molecular formula is C48H48N2. The lowest BCUT2D eigenvalue weighted by Crippen LogP contribution is -2.16. The molecule has 50 heavy (non-hydrogen) atoms. The van der Waals surface area contributed by atoms with Crippen molar-refractivity contribution in [1.29, 1.82) is 0 Å². The van der Waals surface area contributed by atoms with E-state index in [1.807, 2.05) is 0 Å². The number of rotatable bonds is 11. The lowest BCUT2D eigenvalue weighted by atomic mass is 10.0. The van der Waals surface area contributed by atoms with Gasteiger partial charge >= 0.3 is 0 Å². The van der Waals surface area contributed by atoms with Gasteiger partial charge in [0.2, 0.25) is 0 Å². The Morgan fingerprint density at radius 1 is 0.720 bits per heavy atom. The van der Waals surface area contributed by atoms with Gasteiger partial charge in [-0.05, 0) is 104 Å². The number of anilines is 5. The molecule has 0 heterocycles. The maximum Gasteiger partial charge on any atom is 0.0536 e. The number of unbranched alkanes of at least 4 members (excludes halogenated alkanes) is 1. The highest BCUT2D eigenvalue weighted by atomic mass is 15.2. The Kier molecular flexibility index (Phi) is 12.4. The molecule has 0 bridgehead atoms. The average molecular weight is 653 g/mol. The first-order chi connectivity index (χ1) is 24.6. The maximum absolute atomic E-state index is 4.52. The van der Waals surface area contributed by atoms with Crippen LogP contribution in [0.3, 0.4) is 0 Å². The Morgan fingerprint density at radius 2 is 1.36 bits per heavy atom. The van der Waals surface area contributed by atoms with Crippen LogP contribution in [-0.4, -0.2) is 0 Å². The summed E-state index contributed by atoms with van der Waals surface area (Å²) in [5.41, 5.74) is 14.0. The summed E-state index contributed by atoms with van der Waals surface area (Å²) in [7, 11) is 0. The van der Waals surface area contributed by atoms with E-state index in [1.165, 1.54) is 33.4 Å². The fourth-order valence-corrected chi connectivity index (χ4v) is 6.36. The zero-order chi connectivity index (χ0) is 35.3. The van der Waals surface area contributed by atoms with E-state index < -0.39 is 0 Å². The van der Waals surface area contributed by atoms with E-state index in [2.05, 4.69) is 214 Å². The van der Waals surface area contributed by atoms with Crippen LogP contribution < -0.4 is 9.80 Å². The van der Waals surface area contributed by atoms with E-state index >= 15 is 0 Å². The first-order valence-corrected chi connectivity index (χ1v) is 17.5. The molecular weight excluding hydrogens is 605 g/mol. The van der Waals surface area contributed by atoms with Crippen molar-refractivity contribution in [2.24, 2.45) is 0 Å². The van der Waals surface area contributed by atoms with Crippen LogP contribution in [-0.2, 0) is 6.42 Å². The van der Waals surface area contributed by atoms with Crippen molar-refractivity contribution < 1.29 is 0 Å². The standard InChI is InChI=1S/C46H44N2.C2H4/c1-5-7-10-19-36(4)47(46-26-16-21-39-20-11-8-14-24-44(39)46)41-31-27-37(28-32-41)38-29-33-42(34-30-38)48(40-22-12-9-13-23-40)45-25-15-18-35(3)43(45)17-6-2;1-2/h6,8-19,21-34H,4-5,7,20H2,1-3H3;1-2H2/b17-6-,19-10-;. The molecule has 0 fully saturated rings. The predicted molar refractivity (Wildman–Crippen MR) is 221 cm³/mol. The fraction of sp³-hybridized carbons (Fsp3) is 0.125. The molecule has 0 aliphatic heterocycles. The molecule has 0 aromatic heterocycles. The van der Waals surface area contributed by atoms with Crippen LogP contribution in [0.1, 0.15) is 48.9 Å². The molecule has 250 valence electrons. The largest absolute Gasteiger partial charge is 0.310 e. The number of nitrogens with zero attached hydrogens (tertiary/aromatic N) is 2. The second-order valence-electron chi connectivity index (χ2n) is 12.1. The average Bonchev–Trinajstić information content (AvgIpc) is 3.42. The molecule has 5 aromatic carbocycles. The van der Waals surface area contributed by atoms with E-state index in [4.69, 9.17) is 0 Å². The molecule has 0 unspecified atom stereocenters. The van der Waals surface area contributed by atoms with Crippen molar-refractivity contribution >= 4 is 40.6 Å². The molecule has 0 spiro atoms. The van der Waals surface area contributed by atoms with Crippen molar-refractivity contribution in [2.45, 2.75) is 40.0 Å². The van der Waals surface area contributed by atoms with Crippen LogP contribution in [0.25, 0.3) is 23.3 Å². The van der Waals surface area contributed by atoms with Crippen molar-refractivity contribution in [3.05, 3.63) is 199 Å². The van der Waals surface area contributed by atoms with E-state index in [0.717, 1.165) is 53.4 Å². The van der Waals surface area contributed by atoms with E-state index in [9.17, 15) is 0 Å². The topological polar surface area (TPSA) is 6.48 Å². The number of allylic oxidation sites excluding steroid dienone is 6. The lowest BCUT2D eigenvalue weighted by molar-refractivity contribution is 0.956. The Labute approximate surface area is 300 Å². The number of fused-ring (bicyclic) bond motifs is 1. The molecule has 0 saturated heterocycles. The smallest absolute Gasteiger partial charge is 0.0536 e. The predicted octanol–water partition coefficient (Wildman–Crippen LogP) is 14.1. The van der Waals surface area contributed by atoms with Crippen LogP contribution in [0.15, 0.2) is 177 Å². The number of hydrogen-bond acceptors (Lipinski definition) is 2. The molecule has 6 rings (SSSR count). The zero-order valence-corrected chi connectivity index (χ0v) is 29.7. The highest BCUT2D eigenvalue weighted by molar-refractivity contribution is 5.85. The minimum absolute atomic E-state index is 0.916. The Morgan fingerprint density at radius 3 is 2.04 bits per heavy atom. The lowest BCUT2D eigenvalue weighted by Gasteiger charge is -2.28. The van der Waals surface area contributed by atoms with Gasteiger partial charge in [-0.2, -0.15) is 0 Å². The van der Waals surface area contributed by atoms with Gasteiger partial charge in [0.05, 0.1) is 11.4 Å². The highest BCUT2D eigenvalue weighted by Gasteiger charge is 2.19. The molecule has 5 aromatic rings. The Balaban J connectivity index is 0.00000239. The normalized spacial score (nSPS) is 11.9. The van der Waals surface area contributed by atoms with Crippen LogP contribution in [0.2, 0.25) is 0 Å². The SMILES string of the molecule is C=C.C=C(/C=C\CCC)N(c1ccc(-c2ccc(N(c3ccccc3)c3cccc(C)c3/C=C\C)cc2)cc1)c1cccc2c1C=CC=CC2. The van der Waals surface area contributed by atoms with Crippen molar-refractivity contribution in [3.8, 4) is 11.1 Å². The molecule has 0 saturated carbocycles. The number of benzene rings is 5. The molecule has 0 radical (unpaired) electrons. The molecule has 0 atom stereocenters. The van der Waals surface area contributed by atoms with Crippen LogP contribution in [0.5, 0.6) is 0 Å². The number of hydrogen-bond donors (Lipinski definition) is 0. The molecule has 1 aliphatic rings. The fourth-order valence-electron chi connectivity index (χ4n) is 6.36. The summed E-state index contributed by atoms with van der Waals surface area (Å²) in [6, 6.07) is 41.5. The van der Waals surface area contributed by atoms with Gasteiger partial charge in [0, 0.05) is 33.9 Å². The summed E-state index contributed by atoms with van der Waals surface area (Å²) < 4.78 is 0. The van der Waals surface area contributed by atoms with Crippen molar-refractivity contribution in [3.63, 3.8) is 0 Å². The molecule has 2 nitrogen and oxygen atoms in total. The first kappa shape index (κ1) is 35.4.